The monoisotopic (exact) mass is 366 g/mol. The summed E-state index contributed by atoms with van der Waals surface area (Å²) in [6, 6.07) is -0.150. The van der Waals surface area contributed by atoms with Gasteiger partial charge < -0.3 is 0 Å². The molecule has 0 bridgehead atoms. The van der Waals surface area contributed by atoms with E-state index in [-0.39, 0.29) is 23.5 Å². The molecule has 24 heavy (non-hydrogen) atoms. The largest absolute Gasteiger partial charge is 0.296 e. The van der Waals surface area contributed by atoms with Crippen molar-refractivity contribution in [1.29, 1.82) is 0 Å². The maximum atomic E-state index is 12.6. The Hall–Kier alpha value is -1.74. The van der Waals surface area contributed by atoms with E-state index in [0.717, 1.165) is 36.9 Å². The smallest absolute Gasteiger partial charge is 0.278 e. The van der Waals surface area contributed by atoms with Crippen LogP contribution in [0, 0.1) is 0 Å². The van der Waals surface area contributed by atoms with Crippen molar-refractivity contribution in [3.05, 3.63) is 28.5 Å². The number of nitrogens with zero attached hydrogens (tertiary/aromatic N) is 3. The Labute approximate surface area is 144 Å². The molecule has 1 aliphatic heterocycles. The summed E-state index contributed by atoms with van der Waals surface area (Å²) in [5.41, 5.74) is 2.43. The molecule has 0 radical (unpaired) electrons. The summed E-state index contributed by atoms with van der Waals surface area (Å²) in [6.07, 6.45) is 5.95. The molecule has 9 heteroatoms. The van der Waals surface area contributed by atoms with Crippen molar-refractivity contribution in [1.82, 2.24) is 14.8 Å². The first kappa shape index (κ1) is 15.8. The summed E-state index contributed by atoms with van der Waals surface area (Å²) in [6.45, 7) is 0. The van der Waals surface area contributed by atoms with E-state index in [0.29, 0.717) is 17.2 Å². The predicted molar refractivity (Wildman–Crippen MR) is 91.2 cm³/mol. The minimum atomic E-state index is -2.99. The summed E-state index contributed by atoms with van der Waals surface area (Å²) < 4.78 is 25.4. The summed E-state index contributed by atoms with van der Waals surface area (Å²) in [5, 5.41) is 9.66. The number of hydrogen-bond acceptors (Lipinski definition) is 6. The Morgan fingerprint density at radius 2 is 2.17 bits per heavy atom. The fourth-order valence-electron chi connectivity index (χ4n) is 3.52. The Balaban J connectivity index is 1.69. The van der Waals surface area contributed by atoms with Crippen LogP contribution in [0.2, 0.25) is 0 Å². The van der Waals surface area contributed by atoms with Gasteiger partial charge in [-0.05, 0) is 32.1 Å². The average molecular weight is 366 g/mol. The number of carbonyl (C=O) groups excluding carboxylic acids is 1. The van der Waals surface area contributed by atoms with Crippen LogP contribution in [0.15, 0.2) is 11.6 Å². The molecule has 1 N–H and O–H groups in total. The van der Waals surface area contributed by atoms with Crippen molar-refractivity contribution in [2.24, 2.45) is 0 Å². The number of carbonyl (C=O) groups is 1. The second-order valence-electron chi connectivity index (χ2n) is 6.27. The van der Waals surface area contributed by atoms with Crippen LogP contribution in [0.25, 0.3) is 0 Å². The van der Waals surface area contributed by atoms with Crippen LogP contribution >= 0.6 is 11.3 Å². The summed E-state index contributed by atoms with van der Waals surface area (Å²) in [5.74, 6) is 0.0597. The van der Waals surface area contributed by atoms with Crippen molar-refractivity contribution < 1.29 is 13.2 Å². The summed E-state index contributed by atoms with van der Waals surface area (Å²) in [4.78, 5) is 16.7. The van der Waals surface area contributed by atoms with E-state index in [1.807, 2.05) is 4.68 Å². The molecule has 1 atom stereocenters. The van der Waals surface area contributed by atoms with Crippen molar-refractivity contribution in [2.75, 3.05) is 16.8 Å². The second-order valence-corrected chi connectivity index (χ2v) is 9.40. The standard InChI is InChI=1S/C15H18N4O3S2/c20-14(17-15-16-6-7-23-15)13-11-3-1-2-4-12(11)19(18-13)10-5-8-24(21,22)9-10/h6-7,10H,1-5,8-9H2,(H,16,17,20). The van der Waals surface area contributed by atoms with Crippen LogP contribution in [0.1, 0.15) is 47.1 Å². The van der Waals surface area contributed by atoms with Crippen LogP contribution in [0.4, 0.5) is 5.13 Å². The van der Waals surface area contributed by atoms with Crippen LogP contribution in [-0.4, -0.2) is 40.6 Å². The molecule has 3 heterocycles. The topological polar surface area (TPSA) is 93.9 Å². The van der Waals surface area contributed by atoms with Gasteiger partial charge in [0.25, 0.3) is 5.91 Å². The van der Waals surface area contributed by atoms with Gasteiger partial charge in [-0.2, -0.15) is 5.10 Å². The van der Waals surface area contributed by atoms with E-state index in [1.54, 1.807) is 11.6 Å². The molecule has 2 aromatic rings. The molecule has 1 aliphatic carbocycles. The Morgan fingerprint density at radius 1 is 1.33 bits per heavy atom. The third-order valence-corrected chi connectivity index (χ3v) is 7.07. The van der Waals surface area contributed by atoms with E-state index in [9.17, 15) is 13.2 Å². The van der Waals surface area contributed by atoms with E-state index in [2.05, 4.69) is 15.4 Å². The number of anilines is 1. The van der Waals surface area contributed by atoms with Gasteiger partial charge in [0.05, 0.1) is 17.5 Å². The van der Waals surface area contributed by atoms with Crippen molar-refractivity contribution in [3.8, 4) is 0 Å². The van der Waals surface area contributed by atoms with Gasteiger partial charge in [0.1, 0.15) is 0 Å². The molecule has 4 rings (SSSR count). The SMILES string of the molecule is O=C(Nc1nccs1)c1nn(C2CCS(=O)(=O)C2)c2c1CCCC2. The van der Waals surface area contributed by atoms with Gasteiger partial charge >= 0.3 is 0 Å². The van der Waals surface area contributed by atoms with Crippen LogP contribution in [0.3, 0.4) is 0 Å². The molecule has 7 nitrogen and oxygen atoms in total. The molecular weight excluding hydrogens is 348 g/mol. The maximum Gasteiger partial charge on any atom is 0.278 e. The number of rotatable bonds is 3. The van der Waals surface area contributed by atoms with Gasteiger partial charge in [-0.1, -0.05) is 0 Å². The Kier molecular flexibility index (Phi) is 3.92. The number of fused-ring (bicyclic) bond motifs is 1. The van der Waals surface area contributed by atoms with Crippen molar-refractivity contribution >= 4 is 32.2 Å². The zero-order valence-electron chi connectivity index (χ0n) is 13.1. The van der Waals surface area contributed by atoms with Gasteiger partial charge in [0.2, 0.25) is 0 Å². The molecule has 0 saturated carbocycles. The molecule has 1 amide bonds. The molecule has 1 fully saturated rings. The first-order chi connectivity index (χ1) is 11.5. The average Bonchev–Trinajstić information content (AvgIpc) is 3.25. The quantitative estimate of drug-likeness (QED) is 0.894. The van der Waals surface area contributed by atoms with E-state index in [1.165, 1.54) is 11.3 Å². The number of amides is 1. The summed E-state index contributed by atoms with van der Waals surface area (Å²) >= 11 is 1.36. The van der Waals surface area contributed by atoms with Crippen molar-refractivity contribution in [3.63, 3.8) is 0 Å². The number of sulfone groups is 1. The number of hydrogen-bond donors (Lipinski definition) is 1. The van der Waals surface area contributed by atoms with Gasteiger partial charge in [0.15, 0.2) is 20.7 Å². The van der Waals surface area contributed by atoms with E-state index >= 15 is 0 Å². The maximum absolute atomic E-state index is 12.6. The fraction of sp³-hybridized carbons (Fsp3) is 0.533. The van der Waals surface area contributed by atoms with Crippen LogP contribution < -0.4 is 5.32 Å². The molecule has 1 saturated heterocycles. The predicted octanol–water partition coefficient (Wildman–Crippen LogP) is 1.83. The molecule has 2 aliphatic rings. The third-order valence-electron chi connectivity index (χ3n) is 4.63. The summed E-state index contributed by atoms with van der Waals surface area (Å²) in [7, 11) is -2.99. The highest BCUT2D eigenvalue weighted by Crippen LogP contribution is 2.31. The third kappa shape index (κ3) is 2.86. The first-order valence-electron chi connectivity index (χ1n) is 8.05. The fourth-order valence-corrected chi connectivity index (χ4v) is 5.74. The molecule has 1 unspecified atom stereocenters. The molecule has 2 aromatic heterocycles. The van der Waals surface area contributed by atoms with Gasteiger partial charge in [-0.3, -0.25) is 14.8 Å². The molecule has 128 valence electrons. The Bertz CT molecular complexity index is 871. The molecular formula is C15H18N4O3S2. The lowest BCUT2D eigenvalue weighted by molar-refractivity contribution is 0.102. The highest BCUT2D eigenvalue weighted by Gasteiger charge is 2.34. The van der Waals surface area contributed by atoms with Crippen LogP contribution in [-0.2, 0) is 22.7 Å². The minimum absolute atomic E-state index is 0.120. The van der Waals surface area contributed by atoms with Gasteiger partial charge in [-0.15, -0.1) is 11.3 Å². The number of aromatic nitrogens is 3. The van der Waals surface area contributed by atoms with Crippen LogP contribution in [0.5, 0.6) is 0 Å². The molecule has 0 spiro atoms. The zero-order chi connectivity index (χ0) is 16.7. The number of nitrogens with one attached hydrogen (secondary N) is 1. The first-order valence-corrected chi connectivity index (χ1v) is 10.7. The highest BCUT2D eigenvalue weighted by atomic mass is 32.2. The Morgan fingerprint density at radius 3 is 2.88 bits per heavy atom. The lowest BCUT2D eigenvalue weighted by Crippen LogP contribution is -2.17. The second kappa shape index (κ2) is 5.96. The van der Waals surface area contributed by atoms with Gasteiger partial charge in [-0.25, -0.2) is 13.4 Å². The zero-order valence-corrected chi connectivity index (χ0v) is 14.7. The normalized spacial score (nSPS) is 22.2. The minimum Gasteiger partial charge on any atom is -0.296 e. The number of thiazole rings is 1. The van der Waals surface area contributed by atoms with E-state index in [4.69, 9.17) is 0 Å². The van der Waals surface area contributed by atoms with E-state index < -0.39 is 9.84 Å². The lowest BCUT2D eigenvalue weighted by atomic mass is 9.95. The van der Waals surface area contributed by atoms with Gasteiger partial charge in [0, 0.05) is 22.8 Å². The van der Waals surface area contributed by atoms with Crippen molar-refractivity contribution in [2.45, 2.75) is 38.1 Å². The highest BCUT2D eigenvalue weighted by molar-refractivity contribution is 7.91. The lowest BCUT2D eigenvalue weighted by Gasteiger charge is -2.17. The molecule has 0 aromatic carbocycles.